The molecule has 3 nitrogen and oxygen atoms in total. The summed E-state index contributed by atoms with van der Waals surface area (Å²) in [6.07, 6.45) is 5.37. The van der Waals surface area contributed by atoms with E-state index in [0.717, 1.165) is 31.4 Å². The lowest BCUT2D eigenvalue weighted by Crippen LogP contribution is -2.34. The van der Waals surface area contributed by atoms with Gasteiger partial charge in [0.2, 0.25) is 5.91 Å². The zero-order chi connectivity index (χ0) is 12.5. The van der Waals surface area contributed by atoms with Crippen LogP contribution in [-0.4, -0.2) is 11.9 Å². The summed E-state index contributed by atoms with van der Waals surface area (Å²) in [5.74, 6) is -0.292. The van der Waals surface area contributed by atoms with E-state index in [1.54, 1.807) is 6.07 Å². The number of hydrogen-bond acceptors (Lipinski definition) is 2. The van der Waals surface area contributed by atoms with Crippen molar-refractivity contribution in [3.63, 3.8) is 0 Å². The molecule has 96 valence electrons. The molecule has 18 heavy (non-hydrogen) atoms. The van der Waals surface area contributed by atoms with Crippen LogP contribution in [0.4, 0.5) is 15.8 Å². The molecule has 2 aliphatic rings. The van der Waals surface area contributed by atoms with Gasteiger partial charge in [-0.05, 0) is 31.0 Å². The van der Waals surface area contributed by atoms with Crippen molar-refractivity contribution in [2.75, 3.05) is 10.6 Å². The van der Waals surface area contributed by atoms with Crippen LogP contribution < -0.4 is 10.6 Å². The zero-order valence-electron chi connectivity index (χ0n) is 10.2. The van der Waals surface area contributed by atoms with E-state index in [2.05, 4.69) is 10.6 Å². The largest absolute Gasteiger partial charge is 0.380 e. The lowest BCUT2D eigenvalue weighted by Gasteiger charge is -2.22. The molecular weight excluding hydrogens is 231 g/mol. The SMILES string of the molecule is O=C1Nc2cc(F)ccc2NC2CCCCCC12. The fourth-order valence-electron chi connectivity index (χ4n) is 2.97. The minimum absolute atomic E-state index is 0.00274. The highest BCUT2D eigenvalue weighted by Gasteiger charge is 2.32. The Balaban J connectivity index is 1.95. The van der Waals surface area contributed by atoms with Gasteiger partial charge in [-0.1, -0.05) is 19.3 Å². The molecule has 1 saturated carbocycles. The molecule has 1 heterocycles. The summed E-state index contributed by atoms with van der Waals surface area (Å²) in [4.78, 5) is 12.2. The Morgan fingerprint density at radius 2 is 1.94 bits per heavy atom. The van der Waals surface area contributed by atoms with E-state index in [4.69, 9.17) is 0 Å². The number of carbonyl (C=O) groups is 1. The number of amides is 1. The summed E-state index contributed by atoms with van der Waals surface area (Å²) >= 11 is 0. The molecule has 1 aromatic rings. The van der Waals surface area contributed by atoms with Gasteiger partial charge in [0.25, 0.3) is 0 Å². The maximum Gasteiger partial charge on any atom is 0.229 e. The standard InChI is InChI=1S/C14H17FN2O/c15-9-6-7-12-13(8-9)17-14(18)10-4-2-1-3-5-11(10)16-12/h6-8,10-11,16H,1-5H2,(H,17,18). The second-order valence-corrected chi connectivity index (χ2v) is 5.17. The predicted molar refractivity (Wildman–Crippen MR) is 69.0 cm³/mol. The van der Waals surface area contributed by atoms with Crippen molar-refractivity contribution >= 4 is 17.3 Å². The molecule has 2 N–H and O–H groups in total. The molecule has 2 unspecified atom stereocenters. The van der Waals surface area contributed by atoms with Gasteiger partial charge >= 0.3 is 0 Å². The highest BCUT2D eigenvalue weighted by molar-refractivity contribution is 5.98. The van der Waals surface area contributed by atoms with Crippen molar-refractivity contribution in [1.29, 1.82) is 0 Å². The van der Waals surface area contributed by atoms with Gasteiger partial charge in [-0.3, -0.25) is 4.79 Å². The van der Waals surface area contributed by atoms with Crippen LogP contribution >= 0.6 is 0 Å². The fraction of sp³-hybridized carbons (Fsp3) is 0.500. The molecule has 0 bridgehead atoms. The molecule has 0 radical (unpaired) electrons. The lowest BCUT2D eigenvalue weighted by atomic mass is 9.94. The Kier molecular flexibility index (Phi) is 2.94. The lowest BCUT2D eigenvalue weighted by molar-refractivity contribution is -0.120. The number of anilines is 2. The van der Waals surface area contributed by atoms with Crippen molar-refractivity contribution in [3.8, 4) is 0 Å². The first-order valence-electron chi connectivity index (χ1n) is 6.61. The Bertz CT molecular complexity index is 475. The van der Waals surface area contributed by atoms with E-state index in [-0.39, 0.29) is 23.7 Å². The van der Waals surface area contributed by atoms with Crippen molar-refractivity contribution in [2.24, 2.45) is 5.92 Å². The minimum atomic E-state index is -0.321. The molecule has 3 rings (SSSR count). The van der Waals surface area contributed by atoms with Crippen LogP contribution in [0.15, 0.2) is 18.2 Å². The molecule has 2 atom stereocenters. The van der Waals surface area contributed by atoms with Gasteiger partial charge in [0.15, 0.2) is 0 Å². The predicted octanol–water partition coefficient (Wildman–Crippen LogP) is 3.14. The molecule has 1 amide bonds. The molecule has 1 aromatic carbocycles. The summed E-state index contributed by atoms with van der Waals surface area (Å²) < 4.78 is 13.2. The Hall–Kier alpha value is -1.58. The maximum atomic E-state index is 13.2. The van der Waals surface area contributed by atoms with Gasteiger partial charge in [-0.15, -0.1) is 0 Å². The first-order valence-corrected chi connectivity index (χ1v) is 6.61. The average Bonchev–Trinajstić information content (AvgIpc) is 2.63. The summed E-state index contributed by atoms with van der Waals surface area (Å²) in [5, 5.41) is 6.26. The van der Waals surface area contributed by atoms with Gasteiger partial charge in [-0.25, -0.2) is 4.39 Å². The number of halogens is 1. The van der Waals surface area contributed by atoms with Crippen molar-refractivity contribution in [3.05, 3.63) is 24.0 Å². The maximum absolute atomic E-state index is 13.2. The highest BCUT2D eigenvalue weighted by Crippen LogP contribution is 2.34. The normalized spacial score (nSPS) is 27.1. The van der Waals surface area contributed by atoms with Gasteiger partial charge < -0.3 is 10.6 Å². The van der Waals surface area contributed by atoms with Crippen LogP contribution in [0.2, 0.25) is 0 Å². The van der Waals surface area contributed by atoms with Crippen LogP contribution in [0.1, 0.15) is 32.1 Å². The minimum Gasteiger partial charge on any atom is -0.380 e. The molecular formula is C14H17FN2O. The molecule has 0 spiro atoms. The van der Waals surface area contributed by atoms with Crippen LogP contribution in [0.5, 0.6) is 0 Å². The molecule has 1 aliphatic heterocycles. The van der Waals surface area contributed by atoms with Crippen LogP contribution in [0.3, 0.4) is 0 Å². The quantitative estimate of drug-likeness (QED) is 0.740. The third-order valence-corrected chi connectivity index (χ3v) is 3.93. The molecule has 1 fully saturated rings. The van der Waals surface area contributed by atoms with E-state index in [9.17, 15) is 9.18 Å². The monoisotopic (exact) mass is 248 g/mol. The number of fused-ring (bicyclic) bond motifs is 2. The van der Waals surface area contributed by atoms with Crippen LogP contribution in [0.25, 0.3) is 0 Å². The summed E-state index contributed by atoms with van der Waals surface area (Å²) in [6.45, 7) is 0. The highest BCUT2D eigenvalue weighted by atomic mass is 19.1. The number of benzene rings is 1. The van der Waals surface area contributed by atoms with Crippen LogP contribution in [-0.2, 0) is 4.79 Å². The fourth-order valence-corrected chi connectivity index (χ4v) is 2.97. The summed E-state index contributed by atoms with van der Waals surface area (Å²) in [5.41, 5.74) is 1.40. The third kappa shape index (κ3) is 2.07. The van der Waals surface area contributed by atoms with Crippen molar-refractivity contribution in [2.45, 2.75) is 38.1 Å². The van der Waals surface area contributed by atoms with Gasteiger partial charge in [0.1, 0.15) is 5.82 Å². The van der Waals surface area contributed by atoms with E-state index < -0.39 is 0 Å². The first kappa shape index (κ1) is 11.5. The number of carbonyl (C=O) groups excluding carboxylic acids is 1. The van der Waals surface area contributed by atoms with E-state index in [0.29, 0.717) is 5.69 Å². The first-order chi connectivity index (χ1) is 8.74. The van der Waals surface area contributed by atoms with Crippen LogP contribution in [0, 0.1) is 11.7 Å². The summed E-state index contributed by atoms with van der Waals surface area (Å²) in [7, 11) is 0. The number of hydrogen-bond donors (Lipinski definition) is 2. The molecule has 0 aromatic heterocycles. The number of rotatable bonds is 0. The topological polar surface area (TPSA) is 41.1 Å². The molecule has 4 heteroatoms. The molecule has 0 saturated heterocycles. The Labute approximate surface area is 106 Å². The Morgan fingerprint density at radius 3 is 2.83 bits per heavy atom. The zero-order valence-corrected chi connectivity index (χ0v) is 10.2. The van der Waals surface area contributed by atoms with Crippen molar-refractivity contribution in [1.82, 2.24) is 0 Å². The second-order valence-electron chi connectivity index (χ2n) is 5.17. The Morgan fingerprint density at radius 1 is 1.11 bits per heavy atom. The van der Waals surface area contributed by atoms with E-state index in [1.807, 2.05) is 0 Å². The van der Waals surface area contributed by atoms with Crippen molar-refractivity contribution < 1.29 is 9.18 Å². The van der Waals surface area contributed by atoms with E-state index in [1.165, 1.54) is 18.6 Å². The second kappa shape index (κ2) is 4.59. The summed E-state index contributed by atoms with van der Waals surface area (Å²) in [6, 6.07) is 4.69. The smallest absolute Gasteiger partial charge is 0.229 e. The average molecular weight is 248 g/mol. The third-order valence-electron chi connectivity index (χ3n) is 3.93. The van der Waals surface area contributed by atoms with Gasteiger partial charge in [-0.2, -0.15) is 0 Å². The van der Waals surface area contributed by atoms with E-state index >= 15 is 0 Å². The number of nitrogens with one attached hydrogen (secondary N) is 2. The van der Waals surface area contributed by atoms with Gasteiger partial charge in [0, 0.05) is 6.04 Å². The van der Waals surface area contributed by atoms with Gasteiger partial charge in [0.05, 0.1) is 17.3 Å². The molecule has 1 aliphatic carbocycles.